The third-order valence-corrected chi connectivity index (χ3v) is 5.01. The summed E-state index contributed by atoms with van der Waals surface area (Å²) >= 11 is 12.7. The molecule has 31 heavy (non-hydrogen) atoms. The summed E-state index contributed by atoms with van der Waals surface area (Å²) in [7, 11) is 2.64. The number of hydrogen-bond donors (Lipinski definition) is 0. The van der Waals surface area contributed by atoms with E-state index in [1.54, 1.807) is 24.3 Å². The molecule has 0 saturated heterocycles. The van der Waals surface area contributed by atoms with Crippen LogP contribution in [0.15, 0.2) is 41.6 Å². The maximum Gasteiger partial charge on any atom is 0.360 e. The number of benzene rings is 2. The van der Waals surface area contributed by atoms with Crippen molar-refractivity contribution >= 4 is 34.9 Å². The fourth-order valence-corrected chi connectivity index (χ4v) is 3.46. The lowest BCUT2D eigenvalue weighted by atomic mass is 10.0. The molecule has 0 saturated carbocycles. The Labute approximate surface area is 193 Å². The van der Waals surface area contributed by atoms with Gasteiger partial charge in [0.05, 0.1) is 23.8 Å². The molecule has 0 aliphatic rings. The normalized spacial score (nSPS) is 11.2. The maximum atomic E-state index is 12.1. The summed E-state index contributed by atoms with van der Waals surface area (Å²) < 4.78 is 16.4. The van der Waals surface area contributed by atoms with E-state index in [0.717, 1.165) is 19.3 Å². The van der Waals surface area contributed by atoms with Crippen molar-refractivity contribution in [2.75, 3.05) is 20.8 Å². The quantitative estimate of drug-likeness (QED) is 0.164. The second kappa shape index (κ2) is 13.1. The third-order valence-electron chi connectivity index (χ3n) is 4.44. The molecular formula is C23H27Cl2NO5. The lowest BCUT2D eigenvalue weighted by Gasteiger charge is -2.14. The van der Waals surface area contributed by atoms with Gasteiger partial charge in [0.1, 0.15) is 19.5 Å². The molecule has 0 fully saturated rings. The van der Waals surface area contributed by atoms with Gasteiger partial charge < -0.3 is 19.0 Å². The third kappa shape index (κ3) is 7.33. The summed E-state index contributed by atoms with van der Waals surface area (Å²) in [6, 6.07) is 10.5. The van der Waals surface area contributed by atoms with Crippen molar-refractivity contribution in [1.29, 1.82) is 0 Å². The Kier molecular flexibility index (Phi) is 10.5. The first-order valence-corrected chi connectivity index (χ1v) is 10.8. The van der Waals surface area contributed by atoms with Gasteiger partial charge in [0.2, 0.25) is 0 Å². The number of nitrogens with zero attached hydrogens (tertiary/aromatic N) is 1. The van der Waals surface area contributed by atoms with Gasteiger partial charge >= 0.3 is 5.97 Å². The predicted octanol–water partition coefficient (Wildman–Crippen LogP) is 6.06. The number of ether oxygens (including phenoxy) is 3. The lowest BCUT2D eigenvalue weighted by molar-refractivity contribution is -0.132. The van der Waals surface area contributed by atoms with Gasteiger partial charge in [0.25, 0.3) is 0 Å². The zero-order chi connectivity index (χ0) is 22.6. The van der Waals surface area contributed by atoms with E-state index in [4.69, 9.17) is 42.3 Å². The molecule has 0 amide bonds. The van der Waals surface area contributed by atoms with Crippen LogP contribution in [0.25, 0.3) is 0 Å². The van der Waals surface area contributed by atoms with E-state index in [1.807, 2.05) is 12.1 Å². The highest BCUT2D eigenvalue weighted by atomic mass is 35.5. The second-order valence-electron chi connectivity index (χ2n) is 6.69. The molecule has 0 aliphatic carbocycles. The van der Waals surface area contributed by atoms with Crippen molar-refractivity contribution in [2.45, 2.75) is 39.2 Å². The highest BCUT2D eigenvalue weighted by molar-refractivity contribution is 6.43. The zero-order valence-corrected chi connectivity index (χ0v) is 19.5. The summed E-state index contributed by atoms with van der Waals surface area (Å²) in [6.45, 7) is 2.87. The average Bonchev–Trinajstić information content (AvgIpc) is 2.77. The fourth-order valence-electron chi connectivity index (χ4n) is 2.88. The van der Waals surface area contributed by atoms with Crippen LogP contribution in [0.2, 0.25) is 10.0 Å². The number of carbonyl (C=O) groups is 1. The molecule has 0 heterocycles. The first-order chi connectivity index (χ1) is 15.0. The smallest absolute Gasteiger partial charge is 0.360 e. The van der Waals surface area contributed by atoms with Crippen LogP contribution in [0.3, 0.4) is 0 Å². The SMILES string of the molecule is CCCCCCOc1c(Cl)cc(OCc2ccccc2/C(=N\OC)C(=O)OC)cc1Cl. The number of oxime groups is 1. The van der Waals surface area contributed by atoms with Gasteiger partial charge in [-0.05, 0) is 12.0 Å². The van der Waals surface area contributed by atoms with Crippen molar-refractivity contribution in [3.63, 3.8) is 0 Å². The minimum Gasteiger partial charge on any atom is -0.490 e. The number of rotatable bonds is 12. The van der Waals surface area contributed by atoms with Crippen LogP contribution in [0.1, 0.15) is 43.7 Å². The van der Waals surface area contributed by atoms with Gasteiger partial charge in [0, 0.05) is 17.7 Å². The van der Waals surface area contributed by atoms with Crippen LogP contribution in [0.4, 0.5) is 0 Å². The predicted molar refractivity (Wildman–Crippen MR) is 122 cm³/mol. The van der Waals surface area contributed by atoms with Gasteiger partial charge in [-0.25, -0.2) is 4.79 Å². The minimum atomic E-state index is -0.610. The van der Waals surface area contributed by atoms with Crippen molar-refractivity contribution in [3.8, 4) is 11.5 Å². The molecule has 2 aromatic rings. The second-order valence-corrected chi connectivity index (χ2v) is 7.50. The Hall–Kier alpha value is -2.44. The highest BCUT2D eigenvalue weighted by Crippen LogP contribution is 2.37. The average molecular weight is 468 g/mol. The Bertz CT molecular complexity index is 878. The number of carbonyl (C=O) groups excluding carboxylic acids is 1. The van der Waals surface area contributed by atoms with Gasteiger partial charge in [-0.15, -0.1) is 0 Å². The summed E-state index contributed by atoms with van der Waals surface area (Å²) in [4.78, 5) is 16.9. The largest absolute Gasteiger partial charge is 0.490 e. The van der Waals surface area contributed by atoms with Crippen molar-refractivity contribution in [3.05, 3.63) is 57.6 Å². The lowest BCUT2D eigenvalue weighted by Crippen LogP contribution is -2.19. The number of halogens is 2. The molecule has 2 rings (SSSR count). The number of esters is 1. The van der Waals surface area contributed by atoms with Gasteiger partial charge in [-0.3, -0.25) is 0 Å². The van der Waals surface area contributed by atoms with Crippen LogP contribution < -0.4 is 9.47 Å². The first-order valence-electron chi connectivity index (χ1n) is 10.0. The molecule has 8 heteroatoms. The molecule has 0 atom stereocenters. The summed E-state index contributed by atoms with van der Waals surface area (Å²) in [6.07, 6.45) is 4.38. The van der Waals surface area contributed by atoms with Crippen LogP contribution in [0.5, 0.6) is 11.5 Å². The van der Waals surface area contributed by atoms with Gasteiger partial charge in [0.15, 0.2) is 11.5 Å². The topological polar surface area (TPSA) is 66.3 Å². The van der Waals surface area contributed by atoms with Crippen molar-refractivity contribution < 1.29 is 23.8 Å². The van der Waals surface area contributed by atoms with E-state index in [-0.39, 0.29) is 12.3 Å². The van der Waals surface area contributed by atoms with Crippen molar-refractivity contribution in [1.82, 2.24) is 0 Å². The van der Waals surface area contributed by atoms with E-state index in [0.29, 0.717) is 39.3 Å². The fraction of sp³-hybridized carbons (Fsp3) is 0.391. The van der Waals surface area contributed by atoms with Gasteiger partial charge in [-0.1, -0.05) is 78.8 Å². The standard InChI is InChI=1S/C23H27Cl2NO5/c1-4-5-6-9-12-30-22-19(24)13-17(14-20(22)25)31-15-16-10-7-8-11-18(16)21(26-29-3)23(27)28-2/h7-8,10-11,13-14H,4-6,9,12,15H2,1-3H3/b26-21+. The Balaban J connectivity index is 2.12. The number of methoxy groups -OCH3 is 1. The summed E-state index contributed by atoms with van der Waals surface area (Å²) in [5.41, 5.74) is 1.31. The van der Waals surface area contributed by atoms with E-state index < -0.39 is 5.97 Å². The van der Waals surface area contributed by atoms with Crippen LogP contribution in [-0.2, 0) is 21.0 Å². The van der Waals surface area contributed by atoms with Crippen LogP contribution in [0, 0.1) is 0 Å². The molecule has 6 nitrogen and oxygen atoms in total. The van der Waals surface area contributed by atoms with Gasteiger partial charge in [-0.2, -0.15) is 0 Å². The molecule has 0 aliphatic heterocycles. The van der Waals surface area contributed by atoms with Crippen LogP contribution >= 0.6 is 23.2 Å². The monoisotopic (exact) mass is 467 g/mol. The Morgan fingerprint density at radius 2 is 1.71 bits per heavy atom. The molecule has 0 unspecified atom stereocenters. The molecule has 0 aromatic heterocycles. The molecule has 0 bridgehead atoms. The Morgan fingerprint density at radius 3 is 2.35 bits per heavy atom. The molecule has 168 valence electrons. The summed E-state index contributed by atoms with van der Waals surface area (Å²) in [5.74, 6) is 0.319. The molecule has 0 radical (unpaired) electrons. The highest BCUT2D eigenvalue weighted by Gasteiger charge is 2.19. The Morgan fingerprint density at radius 1 is 1.00 bits per heavy atom. The zero-order valence-electron chi connectivity index (χ0n) is 18.0. The minimum absolute atomic E-state index is 0.0482. The molecule has 2 aromatic carbocycles. The van der Waals surface area contributed by atoms with E-state index in [2.05, 4.69) is 12.1 Å². The van der Waals surface area contributed by atoms with E-state index in [9.17, 15) is 4.79 Å². The molecular weight excluding hydrogens is 441 g/mol. The van der Waals surface area contributed by atoms with Crippen molar-refractivity contribution in [2.24, 2.45) is 5.16 Å². The number of hydrogen-bond acceptors (Lipinski definition) is 6. The maximum absolute atomic E-state index is 12.1. The molecule has 0 spiro atoms. The van der Waals surface area contributed by atoms with E-state index >= 15 is 0 Å². The number of unbranched alkanes of at least 4 members (excludes halogenated alkanes) is 3. The summed E-state index contributed by atoms with van der Waals surface area (Å²) in [5, 5.41) is 4.55. The first kappa shape index (κ1) is 24.8. The molecule has 0 N–H and O–H groups in total. The van der Waals surface area contributed by atoms with E-state index in [1.165, 1.54) is 20.6 Å². The van der Waals surface area contributed by atoms with Crippen LogP contribution in [-0.4, -0.2) is 32.5 Å².